The maximum atomic E-state index is 11.2. The fourth-order valence-electron chi connectivity index (χ4n) is 2.17. The third-order valence-electron chi connectivity index (χ3n) is 2.99. The first-order chi connectivity index (χ1) is 6.68. The van der Waals surface area contributed by atoms with Gasteiger partial charge in [0.1, 0.15) is 0 Å². The first-order valence-electron chi connectivity index (χ1n) is 5.03. The summed E-state index contributed by atoms with van der Waals surface area (Å²) in [6, 6.07) is 8.57. The first kappa shape index (κ1) is 9.25. The van der Waals surface area contributed by atoms with E-state index in [1.54, 1.807) is 0 Å². The van der Waals surface area contributed by atoms with E-state index in [9.17, 15) is 4.79 Å². The molecule has 2 atom stereocenters. The number of hydrogen-bond donors (Lipinski definition) is 1. The number of amides is 1. The van der Waals surface area contributed by atoms with E-state index in [2.05, 4.69) is 31.3 Å². The lowest BCUT2D eigenvalue weighted by atomic mass is 9.90. The SMILES string of the molecule is Cc1ccccc1C1CC(=O)NC1C. The standard InChI is InChI=1S/C12H15NO/c1-8-5-3-4-6-10(8)11-7-12(14)13-9(11)2/h3-6,9,11H,7H2,1-2H3,(H,13,14). The number of carbonyl (C=O) groups is 1. The Labute approximate surface area is 84.3 Å². The van der Waals surface area contributed by atoms with E-state index in [0.29, 0.717) is 12.3 Å². The number of carbonyl (C=O) groups excluding carboxylic acids is 1. The Balaban J connectivity index is 2.32. The average molecular weight is 189 g/mol. The molecule has 1 fully saturated rings. The molecule has 74 valence electrons. The van der Waals surface area contributed by atoms with Crippen LogP contribution >= 0.6 is 0 Å². The van der Waals surface area contributed by atoms with Crippen LogP contribution in [0.4, 0.5) is 0 Å². The maximum Gasteiger partial charge on any atom is 0.220 e. The first-order valence-corrected chi connectivity index (χ1v) is 5.03. The molecule has 14 heavy (non-hydrogen) atoms. The van der Waals surface area contributed by atoms with Crippen molar-refractivity contribution >= 4 is 5.91 Å². The summed E-state index contributed by atoms with van der Waals surface area (Å²) in [5.41, 5.74) is 2.58. The zero-order chi connectivity index (χ0) is 10.1. The van der Waals surface area contributed by atoms with E-state index in [-0.39, 0.29) is 11.9 Å². The van der Waals surface area contributed by atoms with Crippen molar-refractivity contribution in [3.05, 3.63) is 35.4 Å². The monoisotopic (exact) mass is 189 g/mol. The largest absolute Gasteiger partial charge is 0.353 e. The van der Waals surface area contributed by atoms with E-state index in [4.69, 9.17) is 0 Å². The summed E-state index contributed by atoms with van der Waals surface area (Å²) in [4.78, 5) is 11.2. The molecule has 2 heteroatoms. The lowest BCUT2D eigenvalue weighted by molar-refractivity contribution is -0.119. The molecule has 0 aliphatic carbocycles. The molecule has 1 N–H and O–H groups in total. The van der Waals surface area contributed by atoms with E-state index in [0.717, 1.165) is 0 Å². The zero-order valence-corrected chi connectivity index (χ0v) is 8.58. The number of nitrogens with one attached hydrogen (secondary N) is 1. The molecule has 1 saturated heterocycles. The van der Waals surface area contributed by atoms with Crippen LogP contribution in [0.5, 0.6) is 0 Å². The van der Waals surface area contributed by atoms with Crippen molar-refractivity contribution in [2.45, 2.75) is 32.2 Å². The van der Waals surface area contributed by atoms with Crippen LogP contribution in [0.2, 0.25) is 0 Å². The molecule has 2 unspecified atom stereocenters. The Hall–Kier alpha value is -1.31. The van der Waals surface area contributed by atoms with Gasteiger partial charge in [0, 0.05) is 18.4 Å². The van der Waals surface area contributed by atoms with E-state index in [1.165, 1.54) is 11.1 Å². The normalized spacial score (nSPS) is 26.3. The van der Waals surface area contributed by atoms with Crippen molar-refractivity contribution in [1.82, 2.24) is 5.32 Å². The summed E-state index contributed by atoms with van der Waals surface area (Å²) >= 11 is 0. The smallest absolute Gasteiger partial charge is 0.220 e. The molecule has 1 aromatic rings. The Bertz CT molecular complexity index is 359. The van der Waals surface area contributed by atoms with Gasteiger partial charge in [0.2, 0.25) is 5.91 Å². The number of rotatable bonds is 1. The topological polar surface area (TPSA) is 29.1 Å². The molecule has 1 heterocycles. The van der Waals surface area contributed by atoms with E-state index >= 15 is 0 Å². The lowest BCUT2D eigenvalue weighted by Crippen LogP contribution is -2.24. The highest BCUT2D eigenvalue weighted by atomic mass is 16.1. The molecular weight excluding hydrogens is 174 g/mol. The Morgan fingerprint density at radius 3 is 2.64 bits per heavy atom. The quantitative estimate of drug-likeness (QED) is 0.719. The average Bonchev–Trinajstić information content (AvgIpc) is 2.46. The van der Waals surface area contributed by atoms with Crippen LogP contribution in [0, 0.1) is 6.92 Å². The van der Waals surface area contributed by atoms with Gasteiger partial charge in [-0.05, 0) is 25.0 Å². The van der Waals surface area contributed by atoms with Crippen LogP contribution in [0.3, 0.4) is 0 Å². The molecule has 1 aliphatic heterocycles. The van der Waals surface area contributed by atoms with Crippen molar-refractivity contribution in [2.24, 2.45) is 0 Å². The Kier molecular flexibility index (Phi) is 2.28. The molecule has 1 aliphatic rings. The highest BCUT2D eigenvalue weighted by molar-refractivity contribution is 5.80. The molecule has 1 aromatic carbocycles. The van der Waals surface area contributed by atoms with Crippen LogP contribution in [-0.4, -0.2) is 11.9 Å². The summed E-state index contributed by atoms with van der Waals surface area (Å²) in [7, 11) is 0. The highest BCUT2D eigenvalue weighted by Gasteiger charge is 2.30. The van der Waals surface area contributed by atoms with Gasteiger partial charge in [0.15, 0.2) is 0 Å². The molecule has 0 bridgehead atoms. The fourth-order valence-corrected chi connectivity index (χ4v) is 2.17. The third kappa shape index (κ3) is 1.52. The number of benzene rings is 1. The predicted molar refractivity (Wildman–Crippen MR) is 56.1 cm³/mol. The second-order valence-electron chi connectivity index (χ2n) is 4.02. The van der Waals surface area contributed by atoms with E-state index < -0.39 is 0 Å². The van der Waals surface area contributed by atoms with Gasteiger partial charge < -0.3 is 5.32 Å². The van der Waals surface area contributed by atoms with Crippen molar-refractivity contribution in [3.63, 3.8) is 0 Å². The van der Waals surface area contributed by atoms with Crippen LogP contribution in [0.15, 0.2) is 24.3 Å². The molecule has 1 amide bonds. The minimum atomic E-state index is 0.172. The molecular formula is C12H15NO. The molecule has 0 radical (unpaired) electrons. The number of aryl methyl sites for hydroxylation is 1. The molecule has 0 spiro atoms. The minimum absolute atomic E-state index is 0.172. The Morgan fingerprint density at radius 2 is 2.07 bits per heavy atom. The maximum absolute atomic E-state index is 11.2. The van der Waals surface area contributed by atoms with Gasteiger partial charge in [-0.1, -0.05) is 24.3 Å². The molecule has 2 rings (SSSR count). The van der Waals surface area contributed by atoms with Gasteiger partial charge in [-0.3, -0.25) is 4.79 Å². The number of hydrogen-bond acceptors (Lipinski definition) is 1. The molecule has 0 saturated carbocycles. The summed E-state index contributed by atoms with van der Waals surface area (Å²) in [5, 5.41) is 2.95. The fraction of sp³-hybridized carbons (Fsp3) is 0.417. The summed E-state index contributed by atoms with van der Waals surface area (Å²) in [6.45, 7) is 4.17. The summed E-state index contributed by atoms with van der Waals surface area (Å²) < 4.78 is 0. The van der Waals surface area contributed by atoms with Gasteiger partial charge in [0.05, 0.1) is 0 Å². The Morgan fingerprint density at radius 1 is 1.36 bits per heavy atom. The van der Waals surface area contributed by atoms with Crippen molar-refractivity contribution < 1.29 is 4.79 Å². The molecule has 2 nitrogen and oxygen atoms in total. The van der Waals surface area contributed by atoms with Gasteiger partial charge >= 0.3 is 0 Å². The third-order valence-corrected chi connectivity index (χ3v) is 2.99. The predicted octanol–water partition coefficient (Wildman–Crippen LogP) is 1.99. The van der Waals surface area contributed by atoms with Crippen molar-refractivity contribution in [1.29, 1.82) is 0 Å². The van der Waals surface area contributed by atoms with Gasteiger partial charge in [-0.25, -0.2) is 0 Å². The summed E-state index contributed by atoms with van der Waals surface area (Å²) in [6.07, 6.45) is 0.631. The van der Waals surface area contributed by atoms with Gasteiger partial charge in [-0.2, -0.15) is 0 Å². The zero-order valence-electron chi connectivity index (χ0n) is 8.58. The summed E-state index contributed by atoms with van der Waals surface area (Å²) in [5.74, 6) is 0.523. The van der Waals surface area contributed by atoms with E-state index in [1.807, 2.05) is 12.1 Å². The molecule has 0 aromatic heterocycles. The second kappa shape index (κ2) is 3.45. The van der Waals surface area contributed by atoms with Crippen LogP contribution in [-0.2, 0) is 4.79 Å². The lowest BCUT2D eigenvalue weighted by Gasteiger charge is -2.16. The van der Waals surface area contributed by atoms with Crippen LogP contribution in [0.1, 0.15) is 30.4 Å². The minimum Gasteiger partial charge on any atom is -0.353 e. The van der Waals surface area contributed by atoms with Crippen LogP contribution < -0.4 is 5.32 Å². The highest BCUT2D eigenvalue weighted by Crippen LogP contribution is 2.29. The van der Waals surface area contributed by atoms with Crippen LogP contribution in [0.25, 0.3) is 0 Å². The van der Waals surface area contributed by atoms with Crippen molar-refractivity contribution in [2.75, 3.05) is 0 Å². The van der Waals surface area contributed by atoms with Gasteiger partial charge in [-0.15, -0.1) is 0 Å². The van der Waals surface area contributed by atoms with Crippen molar-refractivity contribution in [3.8, 4) is 0 Å². The second-order valence-corrected chi connectivity index (χ2v) is 4.02. The van der Waals surface area contributed by atoms with Gasteiger partial charge in [0.25, 0.3) is 0 Å².